The van der Waals surface area contributed by atoms with Gasteiger partial charge >= 0.3 is 0 Å². The van der Waals surface area contributed by atoms with Gasteiger partial charge < -0.3 is 15.4 Å². The van der Waals surface area contributed by atoms with E-state index in [1.54, 1.807) is 7.05 Å². The lowest BCUT2D eigenvalue weighted by molar-refractivity contribution is 0.223. The molecule has 1 aromatic carbocycles. The van der Waals surface area contributed by atoms with Crippen LogP contribution < -0.4 is 15.4 Å². The number of fused-ring (bicyclic) bond motifs is 1. The summed E-state index contributed by atoms with van der Waals surface area (Å²) in [6.07, 6.45) is 2.06. The van der Waals surface area contributed by atoms with E-state index in [1.165, 1.54) is 0 Å². The Hall–Kier alpha value is -1.55. The maximum Gasteiger partial charge on any atom is 0.191 e. The van der Waals surface area contributed by atoms with Crippen LogP contribution in [0.2, 0.25) is 5.02 Å². The van der Waals surface area contributed by atoms with Gasteiger partial charge in [-0.3, -0.25) is 4.99 Å². The standard InChI is InChI=1S/C18H25ClN6O.HI/c1-12(26-15-8-6-14(19)7-9-15)11-21-18(20-3)23-16-5-4-10-25-17(16)22-13(2)24-25;/h6-9,12,16H,4-5,10-11H2,1-3H3,(H2,20,21,23);1H. The van der Waals surface area contributed by atoms with Gasteiger partial charge in [-0.15, -0.1) is 24.0 Å². The van der Waals surface area contributed by atoms with Crippen LogP contribution in [0, 0.1) is 6.92 Å². The Morgan fingerprint density at radius 2 is 2.15 bits per heavy atom. The Kier molecular flexibility index (Phi) is 8.15. The molecule has 0 bridgehead atoms. The molecule has 0 saturated carbocycles. The van der Waals surface area contributed by atoms with Gasteiger partial charge in [-0.1, -0.05) is 11.6 Å². The number of ether oxygens (including phenoxy) is 1. The zero-order valence-electron chi connectivity index (χ0n) is 15.8. The predicted octanol–water partition coefficient (Wildman–Crippen LogP) is 3.33. The molecule has 2 aromatic rings. The third-order valence-electron chi connectivity index (χ3n) is 4.22. The Labute approximate surface area is 182 Å². The molecule has 2 unspecified atom stereocenters. The van der Waals surface area contributed by atoms with Crippen molar-refractivity contribution in [3.63, 3.8) is 0 Å². The van der Waals surface area contributed by atoms with Gasteiger partial charge in [0.15, 0.2) is 5.96 Å². The van der Waals surface area contributed by atoms with Crippen LogP contribution in [0.15, 0.2) is 29.3 Å². The van der Waals surface area contributed by atoms with Crippen molar-refractivity contribution < 1.29 is 4.74 Å². The number of aromatic nitrogens is 3. The van der Waals surface area contributed by atoms with Crippen LogP contribution in [-0.4, -0.2) is 40.4 Å². The summed E-state index contributed by atoms with van der Waals surface area (Å²) in [6, 6.07) is 7.48. The molecule has 0 aliphatic carbocycles. The van der Waals surface area contributed by atoms with Gasteiger partial charge in [0, 0.05) is 18.6 Å². The zero-order chi connectivity index (χ0) is 18.5. The highest BCUT2D eigenvalue weighted by Gasteiger charge is 2.24. The summed E-state index contributed by atoms with van der Waals surface area (Å²) >= 11 is 5.90. The van der Waals surface area contributed by atoms with Gasteiger partial charge in [-0.05, 0) is 51.0 Å². The molecule has 1 aliphatic heterocycles. The van der Waals surface area contributed by atoms with E-state index in [-0.39, 0.29) is 36.1 Å². The van der Waals surface area contributed by atoms with Crippen LogP contribution >= 0.6 is 35.6 Å². The summed E-state index contributed by atoms with van der Waals surface area (Å²) < 4.78 is 7.87. The number of hydrogen-bond donors (Lipinski definition) is 2. The lowest BCUT2D eigenvalue weighted by Crippen LogP contribution is -2.44. The van der Waals surface area contributed by atoms with E-state index in [2.05, 4.69) is 25.7 Å². The second-order valence-electron chi connectivity index (χ2n) is 6.42. The average molecular weight is 505 g/mol. The van der Waals surface area contributed by atoms with E-state index in [4.69, 9.17) is 16.3 Å². The van der Waals surface area contributed by atoms with Crippen molar-refractivity contribution in [3.8, 4) is 5.75 Å². The van der Waals surface area contributed by atoms with Crippen molar-refractivity contribution >= 4 is 41.5 Å². The third kappa shape index (κ3) is 5.97. The number of nitrogens with zero attached hydrogens (tertiary/aromatic N) is 4. The number of aliphatic imine (C=N–C) groups is 1. The molecule has 1 aromatic heterocycles. The van der Waals surface area contributed by atoms with Crippen molar-refractivity contribution in [1.82, 2.24) is 25.4 Å². The van der Waals surface area contributed by atoms with Gasteiger partial charge in [-0.25, -0.2) is 9.67 Å². The molecule has 1 aliphatic rings. The lowest BCUT2D eigenvalue weighted by Gasteiger charge is -2.25. The van der Waals surface area contributed by atoms with Crippen LogP contribution in [0.1, 0.15) is 37.5 Å². The van der Waals surface area contributed by atoms with Crippen molar-refractivity contribution in [1.29, 1.82) is 0 Å². The fourth-order valence-corrected chi connectivity index (χ4v) is 3.12. The second-order valence-corrected chi connectivity index (χ2v) is 6.85. The van der Waals surface area contributed by atoms with Crippen LogP contribution in [0.3, 0.4) is 0 Å². The van der Waals surface area contributed by atoms with Crippen molar-refractivity contribution in [2.75, 3.05) is 13.6 Å². The SMILES string of the molecule is CN=C(NCC(C)Oc1ccc(Cl)cc1)NC1CCCn2nc(C)nc21.I. The molecule has 0 fully saturated rings. The topological polar surface area (TPSA) is 76.4 Å². The van der Waals surface area contributed by atoms with Gasteiger partial charge in [0.25, 0.3) is 0 Å². The minimum atomic E-state index is -0.0213. The number of benzene rings is 1. The summed E-state index contributed by atoms with van der Waals surface area (Å²) in [4.78, 5) is 8.87. The molecular weight excluding hydrogens is 479 g/mol. The summed E-state index contributed by atoms with van der Waals surface area (Å²) in [5, 5.41) is 11.9. The van der Waals surface area contributed by atoms with E-state index in [0.29, 0.717) is 11.6 Å². The number of nitrogens with one attached hydrogen (secondary N) is 2. The largest absolute Gasteiger partial charge is 0.489 e. The Bertz CT molecular complexity index is 764. The zero-order valence-corrected chi connectivity index (χ0v) is 18.9. The molecule has 0 saturated heterocycles. The number of guanidine groups is 1. The maximum atomic E-state index is 5.90. The Morgan fingerprint density at radius 3 is 2.85 bits per heavy atom. The van der Waals surface area contributed by atoms with E-state index in [1.807, 2.05) is 42.8 Å². The Morgan fingerprint density at radius 1 is 1.41 bits per heavy atom. The van der Waals surface area contributed by atoms with Crippen LogP contribution in [0.5, 0.6) is 5.75 Å². The highest BCUT2D eigenvalue weighted by atomic mass is 127. The molecule has 2 atom stereocenters. The fraction of sp³-hybridized carbons (Fsp3) is 0.500. The van der Waals surface area contributed by atoms with Gasteiger partial charge in [0.1, 0.15) is 23.5 Å². The first-order valence-electron chi connectivity index (χ1n) is 8.86. The molecule has 2 N–H and O–H groups in total. The molecular formula is C18H26ClIN6O. The molecule has 2 heterocycles. The van der Waals surface area contributed by atoms with E-state index < -0.39 is 0 Å². The second kappa shape index (κ2) is 10.1. The predicted molar refractivity (Wildman–Crippen MR) is 118 cm³/mol. The molecule has 0 amide bonds. The highest BCUT2D eigenvalue weighted by molar-refractivity contribution is 14.0. The number of rotatable bonds is 5. The quantitative estimate of drug-likeness (QED) is 0.371. The monoisotopic (exact) mass is 504 g/mol. The smallest absolute Gasteiger partial charge is 0.191 e. The van der Waals surface area contributed by atoms with Crippen molar-refractivity contribution in [2.24, 2.45) is 4.99 Å². The van der Waals surface area contributed by atoms with Crippen LogP contribution in [0.25, 0.3) is 0 Å². The summed E-state index contributed by atoms with van der Waals surface area (Å²) in [6.45, 7) is 5.48. The lowest BCUT2D eigenvalue weighted by atomic mass is 10.1. The molecule has 148 valence electrons. The van der Waals surface area contributed by atoms with Crippen LogP contribution in [0.4, 0.5) is 0 Å². The summed E-state index contributed by atoms with van der Waals surface area (Å²) in [7, 11) is 1.76. The Balaban J connectivity index is 0.00000261. The minimum absolute atomic E-state index is 0. The molecule has 0 radical (unpaired) electrons. The minimum Gasteiger partial charge on any atom is -0.489 e. The molecule has 7 nitrogen and oxygen atoms in total. The fourth-order valence-electron chi connectivity index (χ4n) is 2.99. The van der Waals surface area contributed by atoms with Gasteiger partial charge in [0.05, 0.1) is 12.6 Å². The van der Waals surface area contributed by atoms with E-state index in [9.17, 15) is 0 Å². The normalized spacial score (nSPS) is 17.5. The average Bonchev–Trinajstić information content (AvgIpc) is 3.01. The number of aryl methyl sites for hydroxylation is 2. The van der Waals surface area contributed by atoms with Gasteiger partial charge in [-0.2, -0.15) is 5.10 Å². The van der Waals surface area contributed by atoms with Gasteiger partial charge in [0.2, 0.25) is 0 Å². The molecule has 27 heavy (non-hydrogen) atoms. The van der Waals surface area contributed by atoms with Crippen molar-refractivity contribution in [2.45, 2.75) is 45.4 Å². The number of halogens is 2. The first-order valence-corrected chi connectivity index (χ1v) is 9.23. The molecule has 0 spiro atoms. The van der Waals surface area contributed by atoms with E-state index >= 15 is 0 Å². The first-order chi connectivity index (χ1) is 12.5. The van der Waals surface area contributed by atoms with E-state index in [0.717, 1.165) is 42.7 Å². The number of hydrogen-bond acceptors (Lipinski definition) is 4. The van der Waals surface area contributed by atoms with Crippen molar-refractivity contribution in [3.05, 3.63) is 40.9 Å². The molecule has 3 rings (SSSR count). The highest BCUT2D eigenvalue weighted by Crippen LogP contribution is 2.22. The first kappa shape index (κ1) is 21.7. The molecule has 9 heteroatoms. The van der Waals surface area contributed by atoms with Crippen LogP contribution in [-0.2, 0) is 6.54 Å². The maximum absolute atomic E-state index is 5.90. The third-order valence-corrected chi connectivity index (χ3v) is 4.48. The summed E-state index contributed by atoms with van der Waals surface area (Å²) in [5.74, 6) is 3.31. The summed E-state index contributed by atoms with van der Waals surface area (Å²) in [5.41, 5.74) is 0.